The summed E-state index contributed by atoms with van der Waals surface area (Å²) in [7, 11) is 0. The monoisotopic (exact) mass is 374 g/mol. The number of halogens is 2. The number of aryl methyl sites for hydroxylation is 2. The lowest BCUT2D eigenvalue weighted by atomic mass is 10.1. The van der Waals surface area contributed by atoms with Crippen LogP contribution in [0.1, 0.15) is 21.7 Å². The number of nitrogen functional groups attached to an aromatic ring is 1. The van der Waals surface area contributed by atoms with Gasteiger partial charge >= 0.3 is 0 Å². The average molecular weight is 375 g/mol. The van der Waals surface area contributed by atoms with Gasteiger partial charge in [-0.2, -0.15) is 0 Å². The van der Waals surface area contributed by atoms with Crippen LogP contribution in [0, 0.1) is 13.8 Å². The molecule has 3 rings (SSSR count). The number of nitrogens with one attached hydrogen (secondary N) is 1. The van der Waals surface area contributed by atoms with Gasteiger partial charge in [-0.1, -0.05) is 29.3 Å². The largest absolute Gasteiger partial charge is 0.451 e. The first-order valence-electron chi connectivity index (χ1n) is 7.58. The van der Waals surface area contributed by atoms with Gasteiger partial charge in [0.25, 0.3) is 5.91 Å². The molecule has 6 heteroatoms. The van der Waals surface area contributed by atoms with E-state index in [9.17, 15) is 4.79 Å². The molecule has 3 aromatic rings. The van der Waals surface area contributed by atoms with Crippen molar-refractivity contribution in [3.8, 4) is 11.3 Å². The Balaban J connectivity index is 1.85. The van der Waals surface area contributed by atoms with Crippen molar-refractivity contribution in [2.75, 3.05) is 11.1 Å². The molecular weight excluding hydrogens is 359 g/mol. The van der Waals surface area contributed by atoms with Gasteiger partial charge in [0.05, 0.1) is 21.4 Å². The number of carbonyl (C=O) groups excluding carboxylic acids is 1. The number of rotatable bonds is 3. The SMILES string of the molecule is Cc1cc(C)c(NC(=O)c2ccc(-c3ccc(Cl)c(Cl)c3)o2)c(N)c1. The van der Waals surface area contributed by atoms with E-state index < -0.39 is 0 Å². The summed E-state index contributed by atoms with van der Waals surface area (Å²) in [5.41, 5.74) is 9.77. The lowest BCUT2D eigenvalue weighted by molar-refractivity contribution is 0.0997. The fourth-order valence-electron chi connectivity index (χ4n) is 2.61. The molecule has 128 valence electrons. The molecular formula is C19H16Cl2N2O2. The molecule has 2 aromatic carbocycles. The summed E-state index contributed by atoms with van der Waals surface area (Å²) in [5, 5.41) is 3.68. The highest BCUT2D eigenvalue weighted by molar-refractivity contribution is 6.42. The zero-order valence-corrected chi connectivity index (χ0v) is 15.2. The Bertz CT molecular complexity index is 941. The number of anilines is 2. The molecule has 0 bridgehead atoms. The first-order chi connectivity index (χ1) is 11.8. The van der Waals surface area contributed by atoms with Crippen molar-refractivity contribution < 1.29 is 9.21 Å². The van der Waals surface area contributed by atoms with Gasteiger partial charge in [0, 0.05) is 5.56 Å². The van der Waals surface area contributed by atoms with Crippen LogP contribution in [0.3, 0.4) is 0 Å². The molecule has 0 saturated heterocycles. The summed E-state index contributed by atoms with van der Waals surface area (Å²) in [5.74, 6) is 0.336. The van der Waals surface area contributed by atoms with Crippen molar-refractivity contribution in [1.82, 2.24) is 0 Å². The van der Waals surface area contributed by atoms with E-state index in [1.54, 1.807) is 30.3 Å². The van der Waals surface area contributed by atoms with Gasteiger partial charge in [-0.05, 0) is 61.4 Å². The highest BCUT2D eigenvalue weighted by Crippen LogP contribution is 2.30. The van der Waals surface area contributed by atoms with Gasteiger partial charge in [0.2, 0.25) is 0 Å². The second-order valence-corrected chi connectivity index (χ2v) is 6.61. The molecule has 0 fully saturated rings. The summed E-state index contributed by atoms with van der Waals surface area (Å²) < 4.78 is 5.65. The van der Waals surface area contributed by atoms with E-state index in [0.29, 0.717) is 27.2 Å². The molecule has 0 spiro atoms. The number of amides is 1. The molecule has 3 N–H and O–H groups in total. The highest BCUT2D eigenvalue weighted by atomic mass is 35.5. The van der Waals surface area contributed by atoms with Crippen molar-refractivity contribution in [2.45, 2.75) is 13.8 Å². The van der Waals surface area contributed by atoms with E-state index in [2.05, 4.69) is 5.32 Å². The normalized spacial score (nSPS) is 10.7. The standard InChI is InChI=1S/C19H16Cl2N2O2/c1-10-7-11(2)18(15(22)8-10)23-19(24)17-6-5-16(25-17)12-3-4-13(20)14(21)9-12/h3-9H,22H2,1-2H3,(H,23,24). The summed E-state index contributed by atoms with van der Waals surface area (Å²) >= 11 is 11.9. The maximum Gasteiger partial charge on any atom is 0.291 e. The van der Waals surface area contributed by atoms with Crippen LogP contribution >= 0.6 is 23.2 Å². The van der Waals surface area contributed by atoms with E-state index >= 15 is 0 Å². The van der Waals surface area contributed by atoms with Gasteiger partial charge in [0.1, 0.15) is 5.76 Å². The number of carbonyl (C=O) groups is 1. The minimum atomic E-state index is -0.370. The molecule has 0 radical (unpaired) electrons. The summed E-state index contributed by atoms with van der Waals surface area (Å²) in [6.07, 6.45) is 0. The molecule has 1 aromatic heterocycles. The molecule has 0 unspecified atom stereocenters. The van der Waals surface area contributed by atoms with E-state index in [4.69, 9.17) is 33.4 Å². The maximum absolute atomic E-state index is 12.5. The molecule has 0 aliphatic carbocycles. The minimum absolute atomic E-state index is 0.181. The maximum atomic E-state index is 12.5. The molecule has 0 atom stereocenters. The molecule has 0 aliphatic rings. The highest BCUT2D eigenvalue weighted by Gasteiger charge is 2.15. The summed E-state index contributed by atoms with van der Waals surface area (Å²) in [6, 6.07) is 12.2. The Morgan fingerprint density at radius 1 is 1.04 bits per heavy atom. The fraction of sp³-hybridized carbons (Fsp3) is 0.105. The molecule has 1 heterocycles. The first kappa shape index (κ1) is 17.4. The number of hydrogen-bond donors (Lipinski definition) is 2. The predicted molar refractivity (Wildman–Crippen MR) is 102 cm³/mol. The lowest BCUT2D eigenvalue weighted by Gasteiger charge is -2.11. The van der Waals surface area contributed by atoms with Crippen LogP contribution in [0.4, 0.5) is 11.4 Å². The Morgan fingerprint density at radius 2 is 1.80 bits per heavy atom. The second-order valence-electron chi connectivity index (χ2n) is 5.79. The van der Waals surface area contributed by atoms with Crippen LogP contribution in [-0.2, 0) is 0 Å². The predicted octanol–water partition coefficient (Wildman–Crippen LogP) is 5.70. The Labute approximate surface area is 155 Å². The van der Waals surface area contributed by atoms with Gasteiger partial charge in [-0.15, -0.1) is 0 Å². The zero-order chi connectivity index (χ0) is 18.1. The molecule has 25 heavy (non-hydrogen) atoms. The van der Waals surface area contributed by atoms with E-state index in [0.717, 1.165) is 16.7 Å². The number of furan rings is 1. The third-order valence-electron chi connectivity index (χ3n) is 3.78. The quantitative estimate of drug-likeness (QED) is 0.577. The van der Waals surface area contributed by atoms with Crippen molar-refractivity contribution in [3.05, 3.63) is 69.4 Å². The first-order valence-corrected chi connectivity index (χ1v) is 8.34. The van der Waals surface area contributed by atoms with E-state index in [-0.39, 0.29) is 11.7 Å². The third kappa shape index (κ3) is 3.65. The number of hydrogen-bond acceptors (Lipinski definition) is 3. The van der Waals surface area contributed by atoms with Gasteiger partial charge < -0.3 is 15.5 Å². The van der Waals surface area contributed by atoms with Gasteiger partial charge in [0.15, 0.2) is 5.76 Å². The molecule has 1 amide bonds. The lowest BCUT2D eigenvalue weighted by Crippen LogP contribution is -2.13. The minimum Gasteiger partial charge on any atom is -0.451 e. The van der Waals surface area contributed by atoms with Crippen molar-refractivity contribution in [3.63, 3.8) is 0 Å². The topological polar surface area (TPSA) is 68.3 Å². The van der Waals surface area contributed by atoms with Crippen molar-refractivity contribution in [1.29, 1.82) is 0 Å². The van der Waals surface area contributed by atoms with E-state index in [1.807, 2.05) is 26.0 Å². The smallest absolute Gasteiger partial charge is 0.291 e. The number of benzene rings is 2. The van der Waals surface area contributed by atoms with Crippen LogP contribution in [-0.4, -0.2) is 5.91 Å². The molecule has 4 nitrogen and oxygen atoms in total. The second kappa shape index (κ2) is 6.82. The van der Waals surface area contributed by atoms with Crippen LogP contribution in [0.15, 0.2) is 46.9 Å². The van der Waals surface area contributed by atoms with Crippen molar-refractivity contribution in [2.24, 2.45) is 0 Å². The summed E-state index contributed by atoms with van der Waals surface area (Å²) in [6.45, 7) is 3.84. The van der Waals surface area contributed by atoms with Crippen LogP contribution in [0.2, 0.25) is 10.0 Å². The third-order valence-corrected chi connectivity index (χ3v) is 4.52. The average Bonchev–Trinajstić information content (AvgIpc) is 3.03. The van der Waals surface area contributed by atoms with Crippen LogP contribution in [0.5, 0.6) is 0 Å². The van der Waals surface area contributed by atoms with Crippen LogP contribution < -0.4 is 11.1 Å². The van der Waals surface area contributed by atoms with Gasteiger partial charge in [-0.25, -0.2) is 0 Å². The zero-order valence-electron chi connectivity index (χ0n) is 13.7. The Hall–Kier alpha value is -2.43. The Morgan fingerprint density at radius 3 is 2.48 bits per heavy atom. The summed E-state index contributed by atoms with van der Waals surface area (Å²) in [4.78, 5) is 12.5. The van der Waals surface area contributed by atoms with Gasteiger partial charge in [-0.3, -0.25) is 4.79 Å². The molecule has 0 aliphatic heterocycles. The molecule has 0 saturated carbocycles. The Kier molecular flexibility index (Phi) is 4.75. The van der Waals surface area contributed by atoms with Crippen LogP contribution in [0.25, 0.3) is 11.3 Å². The fourth-order valence-corrected chi connectivity index (χ4v) is 2.91. The van der Waals surface area contributed by atoms with Crippen molar-refractivity contribution >= 4 is 40.5 Å². The number of nitrogens with two attached hydrogens (primary N) is 1. The van der Waals surface area contributed by atoms with E-state index in [1.165, 1.54) is 0 Å².